The van der Waals surface area contributed by atoms with Crippen LogP contribution in [0, 0.1) is 17.5 Å². The SMILES string of the molecule is C[C@@H](n1ccc2cc(F)ccc2c1=O)[C@](O)(Cn1cncn1)c1ccc(F)cc1F. The molecule has 6 nitrogen and oxygen atoms in total. The highest BCUT2D eigenvalue weighted by Crippen LogP contribution is 2.36. The van der Waals surface area contributed by atoms with Crippen molar-refractivity contribution in [3.63, 3.8) is 0 Å². The van der Waals surface area contributed by atoms with Crippen molar-refractivity contribution in [2.75, 3.05) is 0 Å². The molecule has 0 aliphatic rings. The lowest BCUT2D eigenvalue weighted by atomic mass is 9.86. The number of aromatic nitrogens is 4. The van der Waals surface area contributed by atoms with E-state index < -0.39 is 34.7 Å². The topological polar surface area (TPSA) is 72.9 Å². The van der Waals surface area contributed by atoms with Crippen LogP contribution in [0.2, 0.25) is 0 Å². The number of rotatable bonds is 5. The lowest BCUT2D eigenvalue weighted by Crippen LogP contribution is -2.43. The Labute approximate surface area is 168 Å². The molecule has 0 amide bonds. The fourth-order valence-corrected chi connectivity index (χ4v) is 3.61. The minimum Gasteiger partial charge on any atom is -0.381 e. The van der Waals surface area contributed by atoms with E-state index in [0.29, 0.717) is 11.5 Å². The van der Waals surface area contributed by atoms with Crippen molar-refractivity contribution in [1.82, 2.24) is 19.3 Å². The molecule has 2 atom stereocenters. The first-order chi connectivity index (χ1) is 14.3. The van der Waals surface area contributed by atoms with Crippen LogP contribution < -0.4 is 5.56 Å². The number of benzene rings is 2. The van der Waals surface area contributed by atoms with Gasteiger partial charge in [-0.2, -0.15) is 5.10 Å². The summed E-state index contributed by atoms with van der Waals surface area (Å²) >= 11 is 0. The molecule has 0 radical (unpaired) electrons. The number of hydrogen-bond acceptors (Lipinski definition) is 4. The summed E-state index contributed by atoms with van der Waals surface area (Å²) in [6.45, 7) is 1.29. The zero-order valence-electron chi connectivity index (χ0n) is 15.8. The second kappa shape index (κ2) is 7.42. The van der Waals surface area contributed by atoms with Crippen LogP contribution in [-0.2, 0) is 12.1 Å². The first-order valence-electron chi connectivity index (χ1n) is 9.10. The van der Waals surface area contributed by atoms with E-state index in [1.54, 1.807) is 0 Å². The van der Waals surface area contributed by atoms with Crippen molar-refractivity contribution in [2.24, 2.45) is 0 Å². The average Bonchev–Trinajstić information content (AvgIpc) is 3.20. The molecular weight excluding hydrogens is 397 g/mol. The Morgan fingerprint density at radius 1 is 1.10 bits per heavy atom. The van der Waals surface area contributed by atoms with Crippen LogP contribution in [0.25, 0.3) is 10.8 Å². The quantitative estimate of drug-likeness (QED) is 0.545. The third-order valence-corrected chi connectivity index (χ3v) is 5.27. The summed E-state index contributed by atoms with van der Waals surface area (Å²) in [5.74, 6) is -2.24. The summed E-state index contributed by atoms with van der Waals surface area (Å²) in [6, 6.07) is 7.12. The number of aliphatic hydroxyl groups is 1. The zero-order chi connectivity index (χ0) is 21.5. The van der Waals surface area contributed by atoms with Gasteiger partial charge in [0.2, 0.25) is 0 Å². The molecule has 0 spiro atoms. The van der Waals surface area contributed by atoms with Gasteiger partial charge in [-0.15, -0.1) is 0 Å². The van der Waals surface area contributed by atoms with Crippen LogP contribution in [-0.4, -0.2) is 24.4 Å². The fourth-order valence-electron chi connectivity index (χ4n) is 3.61. The molecule has 0 fully saturated rings. The third kappa shape index (κ3) is 3.37. The summed E-state index contributed by atoms with van der Waals surface area (Å²) < 4.78 is 44.2. The van der Waals surface area contributed by atoms with Crippen molar-refractivity contribution < 1.29 is 18.3 Å². The van der Waals surface area contributed by atoms with Gasteiger partial charge in [0, 0.05) is 23.2 Å². The Bertz CT molecular complexity index is 1270. The van der Waals surface area contributed by atoms with E-state index in [4.69, 9.17) is 0 Å². The maximum atomic E-state index is 14.7. The summed E-state index contributed by atoms with van der Waals surface area (Å²) in [5.41, 5.74) is -2.67. The molecule has 4 rings (SSSR count). The molecule has 0 aliphatic carbocycles. The van der Waals surface area contributed by atoms with Gasteiger partial charge in [0.15, 0.2) is 0 Å². The van der Waals surface area contributed by atoms with E-state index in [9.17, 15) is 23.1 Å². The van der Waals surface area contributed by atoms with E-state index in [-0.39, 0.29) is 17.5 Å². The highest BCUT2D eigenvalue weighted by Gasteiger charge is 2.40. The van der Waals surface area contributed by atoms with Crippen LogP contribution in [0.5, 0.6) is 0 Å². The van der Waals surface area contributed by atoms with Gasteiger partial charge in [0.1, 0.15) is 35.7 Å². The number of nitrogens with zero attached hydrogens (tertiary/aromatic N) is 4. The van der Waals surface area contributed by atoms with E-state index in [1.165, 1.54) is 59.3 Å². The van der Waals surface area contributed by atoms with Gasteiger partial charge >= 0.3 is 0 Å². The maximum absolute atomic E-state index is 14.7. The summed E-state index contributed by atoms with van der Waals surface area (Å²) in [6.07, 6.45) is 4.00. The van der Waals surface area contributed by atoms with Gasteiger partial charge in [-0.25, -0.2) is 22.8 Å². The minimum absolute atomic E-state index is 0.196. The largest absolute Gasteiger partial charge is 0.381 e. The van der Waals surface area contributed by atoms with Gasteiger partial charge < -0.3 is 9.67 Å². The van der Waals surface area contributed by atoms with Crippen LogP contribution in [0.1, 0.15) is 18.5 Å². The predicted octanol–water partition coefficient (Wildman–Crippen LogP) is 3.16. The van der Waals surface area contributed by atoms with Crippen molar-refractivity contribution >= 4 is 10.8 Å². The molecule has 2 heterocycles. The maximum Gasteiger partial charge on any atom is 0.258 e. The predicted molar refractivity (Wildman–Crippen MR) is 103 cm³/mol. The highest BCUT2D eigenvalue weighted by molar-refractivity contribution is 5.81. The van der Waals surface area contributed by atoms with Gasteiger partial charge in [-0.05, 0) is 42.6 Å². The Hall–Kier alpha value is -3.46. The van der Waals surface area contributed by atoms with Crippen molar-refractivity contribution in [3.05, 3.63) is 94.7 Å². The Kier molecular flexibility index (Phi) is 4.90. The first-order valence-corrected chi connectivity index (χ1v) is 9.10. The lowest BCUT2D eigenvalue weighted by Gasteiger charge is -2.35. The second-order valence-corrected chi connectivity index (χ2v) is 7.08. The molecule has 0 aliphatic heterocycles. The molecule has 1 N–H and O–H groups in total. The first kappa shape index (κ1) is 19.8. The van der Waals surface area contributed by atoms with Crippen molar-refractivity contribution in [3.8, 4) is 0 Å². The van der Waals surface area contributed by atoms with Gasteiger partial charge in [-0.3, -0.25) is 4.79 Å². The van der Waals surface area contributed by atoms with E-state index in [2.05, 4.69) is 10.1 Å². The lowest BCUT2D eigenvalue weighted by molar-refractivity contribution is -0.0340. The number of halogens is 3. The average molecular weight is 414 g/mol. The molecular formula is C21H17F3N4O2. The molecule has 4 aromatic rings. The molecule has 0 saturated carbocycles. The zero-order valence-corrected chi connectivity index (χ0v) is 15.8. The van der Waals surface area contributed by atoms with Gasteiger partial charge in [0.25, 0.3) is 5.56 Å². The molecule has 2 aromatic carbocycles. The van der Waals surface area contributed by atoms with Crippen LogP contribution >= 0.6 is 0 Å². The Morgan fingerprint density at radius 2 is 1.83 bits per heavy atom. The smallest absolute Gasteiger partial charge is 0.258 e. The summed E-state index contributed by atoms with van der Waals surface area (Å²) in [4.78, 5) is 16.9. The van der Waals surface area contributed by atoms with E-state index in [0.717, 1.165) is 12.1 Å². The summed E-state index contributed by atoms with van der Waals surface area (Å²) in [5, 5.41) is 16.2. The van der Waals surface area contributed by atoms with Gasteiger partial charge in [-0.1, -0.05) is 6.07 Å². The molecule has 154 valence electrons. The molecule has 2 aromatic heterocycles. The number of hydrogen-bond donors (Lipinski definition) is 1. The highest BCUT2D eigenvalue weighted by atomic mass is 19.1. The fraction of sp³-hybridized carbons (Fsp3) is 0.190. The Balaban J connectivity index is 1.88. The molecule has 9 heteroatoms. The van der Waals surface area contributed by atoms with E-state index in [1.807, 2.05) is 0 Å². The molecule has 0 unspecified atom stereocenters. The van der Waals surface area contributed by atoms with Crippen LogP contribution in [0.4, 0.5) is 13.2 Å². The minimum atomic E-state index is -1.98. The molecule has 0 saturated heterocycles. The van der Waals surface area contributed by atoms with E-state index >= 15 is 0 Å². The van der Waals surface area contributed by atoms with Crippen LogP contribution in [0.15, 0.2) is 66.1 Å². The number of pyridine rings is 1. The number of fused-ring (bicyclic) bond motifs is 1. The standard InChI is InChI=1S/C21H17F3N4O2/c1-13(28-7-6-14-8-15(22)2-4-17(14)20(28)29)21(30,10-27-12-25-11-26-27)18-5-3-16(23)9-19(18)24/h2-9,11-13,30H,10H2,1H3/t13-,21-/m1/s1. The Morgan fingerprint density at radius 3 is 2.53 bits per heavy atom. The second-order valence-electron chi connectivity index (χ2n) is 7.08. The monoisotopic (exact) mass is 414 g/mol. The van der Waals surface area contributed by atoms with Crippen LogP contribution in [0.3, 0.4) is 0 Å². The third-order valence-electron chi connectivity index (χ3n) is 5.27. The normalized spacial score (nSPS) is 14.6. The van der Waals surface area contributed by atoms with Crippen molar-refractivity contribution in [1.29, 1.82) is 0 Å². The molecule has 0 bridgehead atoms. The van der Waals surface area contributed by atoms with Crippen molar-refractivity contribution in [2.45, 2.75) is 25.1 Å². The summed E-state index contributed by atoms with van der Waals surface area (Å²) in [7, 11) is 0. The molecule has 30 heavy (non-hydrogen) atoms. The van der Waals surface area contributed by atoms with Gasteiger partial charge in [0.05, 0.1) is 12.6 Å².